The molecule has 1 N–H and O–H groups in total. The van der Waals surface area contributed by atoms with Gasteiger partial charge >= 0.3 is 5.97 Å². The maximum Gasteiger partial charge on any atom is 0.310 e. The molecule has 0 unspecified atom stereocenters. The molecule has 17 heavy (non-hydrogen) atoms. The fraction of sp³-hybridized carbons (Fsp3) is 0.929. The van der Waals surface area contributed by atoms with Crippen LogP contribution in [-0.4, -0.2) is 36.1 Å². The second-order valence-electron chi connectivity index (χ2n) is 5.59. The van der Waals surface area contributed by atoms with Gasteiger partial charge in [-0.3, -0.25) is 4.79 Å². The Morgan fingerprint density at radius 1 is 1.24 bits per heavy atom. The van der Waals surface area contributed by atoms with Gasteiger partial charge in [-0.05, 0) is 32.9 Å². The summed E-state index contributed by atoms with van der Waals surface area (Å²) in [6, 6.07) is 0. The monoisotopic (exact) mass is 241 g/mol. The summed E-state index contributed by atoms with van der Waals surface area (Å²) in [5.41, 5.74) is -0.459. The molecule has 0 saturated heterocycles. The van der Waals surface area contributed by atoms with E-state index < -0.39 is 11.4 Å². The molecule has 0 aromatic heterocycles. The first kappa shape index (κ1) is 14.5. The number of hydrogen-bond donors (Lipinski definition) is 1. The van der Waals surface area contributed by atoms with Crippen molar-refractivity contribution < 1.29 is 9.90 Å². The molecular formula is C14H27NO2. The second-order valence-corrected chi connectivity index (χ2v) is 5.59. The molecule has 0 radical (unpaired) electrons. The summed E-state index contributed by atoms with van der Waals surface area (Å²) in [4.78, 5) is 13.7. The van der Waals surface area contributed by atoms with Gasteiger partial charge in [-0.1, -0.05) is 39.0 Å². The van der Waals surface area contributed by atoms with Gasteiger partial charge in [0.1, 0.15) is 0 Å². The Bertz CT molecular complexity index is 234. The van der Waals surface area contributed by atoms with Crippen LogP contribution in [0.3, 0.4) is 0 Å². The average Bonchev–Trinajstić information content (AvgIpc) is 2.30. The highest BCUT2D eigenvalue weighted by atomic mass is 16.4. The minimum absolute atomic E-state index is 0.459. The molecule has 0 spiro atoms. The summed E-state index contributed by atoms with van der Waals surface area (Å²) in [6.45, 7) is 3.95. The van der Waals surface area contributed by atoms with Crippen LogP contribution in [0.25, 0.3) is 0 Å². The summed E-state index contributed by atoms with van der Waals surface area (Å²) in [5, 5.41) is 9.48. The van der Waals surface area contributed by atoms with Crippen molar-refractivity contribution in [2.75, 3.05) is 20.1 Å². The smallest absolute Gasteiger partial charge is 0.310 e. The van der Waals surface area contributed by atoms with Crippen LogP contribution in [-0.2, 0) is 4.79 Å². The average molecular weight is 241 g/mol. The lowest BCUT2D eigenvalue weighted by molar-refractivity contribution is -0.152. The molecule has 3 heteroatoms. The Labute approximate surface area is 105 Å². The largest absolute Gasteiger partial charge is 0.481 e. The van der Waals surface area contributed by atoms with Crippen molar-refractivity contribution in [3.05, 3.63) is 0 Å². The van der Waals surface area contributed by atoms with Gasteiger partial charge in [0.15, 0.2) is 0 Å². The summed E-state index contributed by atoms with van der Waals surface area (Å²) in [5.74, 6) is -0.584. The number of aliphatic carboxylic acids is 1. The first-order chi connectivity index (χ1) is 8.10. The Morgan fingerprint density at radius 2 is 1.88 bits per heavy atom. The predicted octanol–water partition coefficient (Wildman–Crippen LogP) is 3.14. The fourth-order valence-electron chi connectivity index (χ4n) is 2.90. The first-order valence-electron chi connectivity index (χ1n) is 7.03. The zero-order valence-corrected chi connectivity index (χ0v) is 11.4. The van der Waals surface area contributed by atoms with Crippen LogP contribution < -0.4 is 0 Å². The lowest BCUT2D eigenvalue weighted by Gasteiger charge is -2.36. The van der Waals surface area contributed by atoms with E-state index in [0.717, 1.165) is 38.8 Å². The number of carboxylic acid groups (broad SMARTS) is 1. The van der Waals surface area contributed by atoms with Gasteiger partial charge in [0.05, 0.1) is 5.41 Å². The predicted molar refractivity (Wildman–Crippen MR) is 70.2 cm³/mol. The van der Waals surface area contributed by atoms with Gasteiger partial charge < -0.3 is 10.0 Å². The number of unbranched alkanes of at least 4 members (excludes halogenated alkanes) is 2. The fourth-order valence-corrected chi connectivity index (χ4v) is 2.90. The summed E-state index contributed by atoms with van der Waals surface area (Å²) in [7, 11) is 2.06. The zero-order chi connectivity index (χ0) is 12.7. The molecule has 0 atom stereocenters. The number of nitrogens with zero attached hydrogens (tertiary/aromatic N) is 1. The quantitative estimate of drug-likeness (QED) is 0.696. The standard InChI is InChI=1S/C14H27NO2/c1-3-4-8-11-15(2)12-14(13(16)17)9-6-5-7-10-14/h3-12H2,1-2H3,(H,16,17). The molecule has 0 aromatic carbocycles. The molecule has 0 heterocycles. The van der Waals surface area contributed by atoms with Crippen LogP contribution in [0.2, 0.25) is 0 Å². The van der Waals surface area contributed by atoms with Crippen molar-refractivity contribution in [3.63, 3.8) is 0 Å². The minimum atomic E-state index is -0.584. The highest BCUT2D eigenvalue weighted by molar-refractivity contribution is 5.75. The van der Waals surface area contributed by atoms with E-state index in [4.69, 9.17) is 0 Å². The summed E-state index contributed by atoms with van der Waals surface area (Å²) in [6.07, 6.45) is 8.73. The molecule has 100 valence electrons. The van der Waals surface area contributed by atoms with Gasteiger partial charge in [0.2, 0.25) is 0 Å². The van der Waals surface area contributed by atoms with Gasteiger partial charge in [-0.2, -0.15) is 0 Å². The molecule has 0 aromatic rings. The van der Waals surface area contributed by atoms with E-state index in [-0.39, 0.29) is 0 Å². The number of carboxylic acids is 1. The van der Waals surface area contributed by atoms with E-state index in [0.29, 0.717) is 0 Å². The van der Waals surface area contributed by atoms with Crippen LogP contribution in [0.4, 0.5) is 0 Å². The second kappa shape index (κ2) is 7.00. The Morgan fingerprint density at radius 3 is 2.41 bits per heavy atom. The van der Waals surface area contributed by atoms with Gasteiger partial charge in [-0.25, -0.2) is 0 Å². The number of rotatable bonds is 7. The molecule has 0 bridgehead atoms. The van der Waals surface area contributed by atoms with Crippen LogP contribution in [0.1, 0.15) is 58.3 Å². The van der Waals surface area contributed by atoms with E-state index in [2.05, 4.69) is 18.9 Å². The maximum atomic E-state index is 11.5. The lowest BCUT2D eigenvalue weighted by atomic mass is 9.73. The molecule has 1 saturated carbocycles. The SMILES string of the molecule is CCCCCN(C)CC1(C(=O)O)CCCCC1. The van der Waals surface area contributed by atoms with Gasteiger partial charge in [0.25, 0.3) is 0 Å². The Balaban J connectivity index is 2.45. The number of hydrogen-bond acceptors (Lipinski definition) is 2. The van der Waals surface area contributed by atoms with Crippen molar-refractivity contribution in [1.29, 1.82) is 0 Å². The molecule has 1 rings (SSSR count). The van der Waals surface area contributed by atoms with Crippen molar-refractivity contribution in [1.82, 2.24) is 4.90 Å². The Hall–Kier alpha value is -0.570. The van der Waals surface area contributed by atoms with Crippen LogP contribution in [0.5, 0.6) is 0 Å². The third-order valence-corrected chi connectivity index (χ3v) is 3.98. The molecule has 1 aliphatic carbocycles. The molecule has 1 fully saturated rings. The first-order valence-corrected chi connectivity index (χ1v) is 7.03. The van der Waals surface area contributed by atoms with Crippen molar-refractivity contribution in [3.8, 4) is 0 Å². The van der Waals surface area contributed by atoms with Gasteiger partial charge in [-0.15, -0.1) is 0 Å². The van der Waals surface area contributed by atoms with E-state index >= 15 is 0 Å². The van der Waals surface area contributed by atoms with Crippen LogP contribution in [0, 0.1) is 5.41 Å². The highest BCUT2D eigenvalue weighted by Crippen LogP contribution is 2.37. The molecule has 3 nitrogen and oxygen atoms in total. The van der Waals surface area contributed by atoms with Gasteiger partial charge in [0, 0.05) is 6.54 Å². The molecular weight excluding hydrogens is 214 g/mol. The van der Waals surface area contributed by atoms with Crippen LogP contribution >= 0.6 is 0 Å². The molecule has 1 aliphatic rings. The van der Waals surface area contributed by atoms with Crippen LogP contribution in [0.15, 0.2) is 0 Å². The number of carbonyl (C=O) groups is 1. The molecule has 0 aliphatic heterocycles. The third kappa shape index (κ3) is 4.30. The van der Waals surface area contributed by atoms with E-state index in [1.807, 2.05) is 0 Å². The molecule has 0 amide bonds. The third-order valence-electron chi connectivity index (χ3n) is 3.98. The Kier molecular flexibility index (Phi) is 5.96. The van der Waals surface area contributed by atoms with Crippen molar-refractivity contribution in [2.45, 2.75) is 58.3 Å². The van der Waals surface area contributed by atoms with E-state index in [9.17, 15) is 9.90 Å². The summed E-state index contributed by atoms with van der Waals surface area (Å²) >= 11 is 0. The summed E-state index contributed by atoms with van der Waals surface area (Å²) < 4.78 is 0. The zero-order valence-electron chi connectivity index (χ0n) is 11.4. The van der Waals surface area contributed by atoms with Crippen molar-refractivity contribution >= 4 is 5.97 Å². The minimum Gasteiger partial charge on any atom is -0.481 e. The normalized spacial score (nSPS) is 19.5. The lowest BCUT2D eigenvalue weighted by Crippen LogP contribution is -2.43. The van der Waals surface area contributed by atoms with Crippen molar-refractivity contribution in [2.24, 2.45) is 5.41 Å². The highest BCUT2D eigenvalue weighted by Gasteiger charge is 2.40. The maximum absolute atomic E-state index is 11.5. The topological polar surface area (TPSA) is 40.5 Å². The van der Waals surface area contributed by atoms with E-state index in [1.165, 1.54) is 25.7 Å². The van der Waals surface area contributed by atoms with E-state index in [1.54, 1.807) is 0 Å².